The van der Waals surface area contributed by atoms with Gasteiger partial charge in [-0.05, 0) is 104 Å². The third kappa shape index (κ3) is 10.4. The van der Waals surface area contributed by atoms with Gasteiger partial charge in [-0.1, -0.05) is 96.5 Å². The molecule has 0 saturated heterocycles. The smallest absolute Gasteiger partial charge is 0.0701 e. The molecule has 0 spiro atoms. The Hall–Kier alpha value is -6.13. The summed E-state index contributed by atoms with van der Waals surface area (Å²) in [6, 6.07) is 53.4. The van der Waals surface area contributed by atoms with Crippen LogP contribution in [-0.2, 0) is 18.9 Å². The average molecular weight is 857 g/mol. The lowest BCUT2D eigenvalue weighted by Gasteiger charge is -2.14. The molecule has 0 fully saturated rings. The quantitative estimate of drug-likeness (QED) is 0.0396. The minimum atomic E-state index is 0.542. The van der Waals surface area contributed by atoms with Gasteiger partial charge < -0.3 is 40.2 Å². The Labute approximate surface area is 373 Å². The molecule has 0 aliphatic rings. The topological polar surface area (TPSA) is 85.0 Å². The van der Waals surface area contributed by atoms with Crippen LogP contribution in [0.25, 0.3) is 64.6 Å². The molecule has 9 rings (SSSR count). The molecule has 0 amide bonds. The maximum Gasteiger partial charge on any atom is 0.0701 e. The van der Waals surface area contributed by atoms with E-state index in [-0.39, 0.29) is 0 Å². The van der Waals surface area contributed by atoms with Crippen LogP contribution >= 0.6 is 11.6 Å². The number of anilines is 4. The second kappa shape index (κ2) is 20.8. The average Bonchev–Trinajstić information content (AvgIpc) is 3.31. The van der Waals surface area contributed by atoms with Gasteiger partial charge in [0, 0.05) is 80.9 Å². The Morgan fingerprint density at radius 2 is 0.571 bits per heavy atom. The molecule has 0 aliphatic heterocycles. The summed E-state index contributed by atoms with van der Waals surface area (Å²) in [5.74, 6) is 0. The van der Waals surface area contributed by atoms with Crippen molar-refractivity contribution in [1.29, 1.82) is 0 Å². The Balaban J connectivity index is 0.656. The molecule has 0 saturated carbocycles. The second-order valence-electron chi connectivity index (χ2n) is 15.6. The number of nitrogens with one attached hydrogen (secondary N) is 4. The van der Waals surface area contributed by atoms with Crippen molar-refractivity contribution in [3.8, 4) is 0 Å². The highest BCUT2D eigenvalue weighted by Crippen LogP contribution is 2.34. The van der Waals surface area contributed by atoms with E-state index in [0.717, 1.165) is 50.5 Å². The molecule has 9 heteroatoms. The van der Waals surface area contributed by atoms with Gasteiger partial charge in [0.15, 0.2) is 0 Å². The van der Waals surface area contributed by atoms with Crippen LogP contribution < -0.4 is 21.3 Å². The largest absolute Gasteiger partial charge is 0.382 e. The summed E-state index contributed by atoms with van der Waals surface area (Å²) >= 11 is 6.44. The minimum absolute atomic E-state index is 0.542. The van der Waals surface area contributed by atoms with E-state index in [9.17, 15) is 0 Å². The van der Waals surface area contributed by atoms with Crippen LogP contribution in [0.1, 0.15) is 0 Å². The predicted molar refractivity (Wildman–Crippen MR) is 267 cm³/mol. The SMILES string of the molecule is Clc1cccc2cc3c(NCCOCCOCCNc4cccc5cc6c(NCCOCCOCCNc7cccc8cc9ccccc9cc78)cccc6cc45)cccc3cc12. The summed E-state index contributed by atoms with van der Waals surface area (Å²) < 4.78 is 23.5. The molecule has 4 N–H and O–H groups in total. The first-order chi connectivity index (χ1) is 31.2. The van der Waals surface area contributed by atoms with Crippen LogP contribution in [0.3, 0.4) is 0 Å². The van der Waals surface area contributed by atoms with E-state index < -0.39 is 0 Å². The van der Waals surface area contributed by atoms with Crippen molar-refractivity contribution < 1.29 is 18.9 Å². The van der Waals surface area contributed by atoms with Crippen molar-refractivity contribution in [2.75, 3.05) is 100 Å². The minimum Gasteiger partial charge on any atom is -0.382 e. The van der Waals surface area contributed by atoms with Gasteiger partial charge >= 0.3 is 0 Å². The zero-order valence-corrected chi connectivity index (χ0v) is 36.2. The van der Waals surface area contributed by atoms with Crippen molar-refractivity contribution in [3.05, 3.63) is 157 Å². The summed E-state index contributed by atoms with van der Waals surface area (Å²) in [4.78, 5) is 0. The first-order valence-corrected chi connectivity index (χ1v) is 22.3. The van der Waals surface area contributed by atoms with Gasteiger partial charge in [-0.3, -0.25) is 0 Å². The summed E-state index contributed by atoms with van der Waals surface area (Å²) in [7, 11) is 0. The van der Waals surface area contributed by atoms with Gasteiger partial charge in [0.05, 0.1) is 52.9 Å². The highest BCUT2D eigenvalue weighted by atomic mass is 35.5. The van der Waals surface area contributed by atoms with E-state index in [2.05, 4.69) is 161 Å². The molecule has 63 heavy (non-hydrogen) atoms. The van der Waals surface area contributed by atoms with Crippen LogP contribution in [0.15, 0.2) is 152 Å². The molecule has 0 atom stereocenters. The molecule has 0 radical (unpaired) electrons. The van der Waals surface area contributed by atoms with E-state index in [1.54, 1.807) is 0 Å². The summed E-state index contributed by atoms with van der Waals surface area (Å²) in [5.41, 5.74) is 4.41. The number of benzene rings is 9. The molecular weight excluding hydrogens is 804 g/mol. The van der Waals surface area contributed by atoms with Crippen LogP contribution in [0.4, 0.5) is 22.7 Å². The molecule has 9 aromatic rings. The van der Waals surface area contributed by atoms with Crippen molar-refractivity contribution in [3.63, 3.8) is 0 Å². The number of hydrogen-bond donors (Lipinski definition) is 4. The van der Waals surface area contributed by atoms with Crippen molar-refractivity contribution in [2.24, 2.45) is 0 Å². The lowest BCUT2D eigenvalue weighted by molar-refractivity contribution is 0.0557. The zero-order chi connectivity index (χ0) is 42.6. The van der Waals surface area contributed by atoms with E-state index >= 15 is 0 Å². The molecule has 0 unspecified atom stereocenters. The van der Waals surface area contributed by atoms with Crippen LogP contribution in [0, 0.1) is 0 Å². The number of hydrogen-bond acceptors (Lipinski definition) is 8. The first kappa shape index (κ1) is 42.2. The second-order valence-corrected chi connectivity index (χ2v) is 16.0. The Morgan fingerprint density at radius 3 is 0.968 bits per heavy atom. The third-order valence-corrected chi connectivity index (χ3v) is 11.8. The standard InChI is InChI=1S/C54H53ClN4O4/c55-50-15-3-10-41-35-47-42(34-45(41)50)12-5-17-52(47)57-21-25-61-30-31-63-27-23-59-54-19-7-14-44-36-48-43(37-49(44)54)13-6-18-53(48)58-22-26-62-29-28-60-24-20-56-51-16-4-11-40-32-38-8-1-2-9-39(38)33-46(40)51/h1-19,32-37,56-59H,20-31H2. The lowest BCUT2D eigenvalue weighted by Crippen LogP contribution is -2.15. The van der Waals surface area contributed by atoms with Gasteiger partial charge in [-0.15, -0.1) is 0 Å². The van der Waals surface area contributed by atoms with Gasteiger partial charge in [0.25, 0.3) is 0 Å². The first-order valence-electron chi connectivity index (χ1n) is 21.9. The zero-order valence-electron chi connectivity index (χ0n) is 35.4. The molecule has 320 valence electrons. The Kier molecular flexibility index (Phi) is 13.9. The monoisotopic (exact) mass is 856 g/mol. The van der Waals surface area contributed by atoms with E-state index in [4.69, 9.17) is 30.5 Å². The number of fused-ring (bicyclic) bond motifs is 6. The molecule has 0 heterocycles. The summed E-state index contributed by atoms with van der Waals surface area (Å²) in [6.45, 7) is 7.42. The van der Waals surface area contributed by atoms with Crippen LogP contribution in [0.5, 0.6) is 0 Å². The maximum absolute atomic E-state index is 6.44. The van der Waals surface area contributed by atoms with Gasteiger partial charge in [-0.25, -0.2) is 0 Å². The number of rotatable bonds is 22. The lowest BCUT2D eigenvalue weighted by atomic mass is 10.0. The fraction of sp³-hybridized carbons (Fsp3) is 0.222. The van der Waals surface area contributed by atoms with E-state index in [1.807, 2.05) is 12.1 Å². The molecule has 9 aromatic carbocycles. The molecule has 8 nitrogen and oxygen atoms in total. The van der Waals surface area contributed by atoms with Crippen molar-refractivity contribution in [1.82, 2.24) is 0 Å². The molecule has 0 aliphatic carbocycles. The summed E-state index contributed by atoms with van der Waals surface area (Å²) in [6.07, 6.45) is 0. The fourth-order valence-corrected chi connectivity index (χ4v) is 8.56. The Morgan fingerprint density at radius 1 is 0.286 bits per heavy atom. The molecule has 0 aromatic heterocycles. The van der Waals surface area contributed by atoms with Gasteiger partial charge in [0.2, 0.25) is 0 Å². The van der Waals surface area contributed by atoms with Crippen LogP contribution in [-0.4, -0.2) is 79.0 Å². The molecule has 0 bridgehead atoms. The fourth-order valence-electron chi connectivity index (χ4n) is 8.32. The number of halogens is 1. The maximum atomic E-state index is 6.44. The normalized spacial score (nSPS) is 11.6. The highest BCUT2D eigenvalue weighted by Gasteiger charge is 2.09. The van der Waals surface area contributed by atoms with E-state index in [1.165, 1.54) is 48.5 Å². The number of ether oxygens (including phenoxy) is 4. The van der Waals surface area contributed by atoms with Crippen molar-refractivity contribution >= 4 is 99.0 Å². The predicted octanol–water partition coefficient (Wildman–Crippen LogP) is 12.4. The molecular formula is C54H53ClN4O4. The highest BCUT2D eigenvalue weighted by molar-refractivity contribution is 6.36. The van der Waals surface area contributed by atoms with Gasteiger partial charge in [0.1, 0.15) is 0 Å². The van der Waals surface area contributed by atoms with Gasteiger partial charge in [-0.2, -0.15) is 0 Å². The van der Waals surface area contributed by atoms with Crippen molar-refractivity contribution in [2.45, 2.75) is 0 Å². The van der Waals surface area contributed by atoms with Crippen LogP contribution in [0.2, 0.25) is 5.02 Å². The Bertz CT molecular complexity index is 2980. The summed E-state index contributed by atoms with van der Waals surface area (Å²) in [5, 5.41) is 29.3. The third-order valence-electron chi connectivity index (χ3n) is 11.4. The van der Waals surface area contributed by atoms with E-state index in [0.29, 0.717) is 72.5 Å².